The quantitative estimate of drug-likeness (QED) is 0.140. The summed E-state index contributed by atoms with van der Waals surface area (Å²) in [5, 5.41) is 6.09. The third-order valence-electron chi connectivity index (χ3n) is 19.2. The molecule has 13 aromatic carbocycles. The average molecular weight is 1830 g/mol. The molecule has 0 spiro atoms. The highest BCUT2D eigenvalue weighted by Gasteiger charge is 1.98. The van der Waals surface area contributed by atoms with Gasteiger partial charge in [0.25, 0.3) is 0 Å². The van der Waals surface area contributed by atoms with Gasteiger partial charge in [0.1, 0.15) is 37.0 Å². The fourth-order valence-electron chi connectivity index (χ4n) is 11.7. The predicted octanol–water partition coefficient (Wildman–Crippen LogP) is 31.2. The Labute approximate surface area is 825 Å². The second-order valence-electron chi connectivity index (χ2n) is 31.9. The summed E-state index contributed by atoms with van der Waals surface area (Å²) in [6.07, 6.45) is 23.8. The van der Waals surface area contributed by atoms with Crippen molar-refractivity contribution in [3.05, 3.63) is 589 Å². The summed E-state index contributed by atoms with van der Waals surface area (Å²) in [6.45, 7) is 34.7. The topological polar surface area (TPSA) is 180 Å². The largest absolute Gasteiger partial charge is 0.256 e. The van der Waals surface area contributed by atoms with E-state index in [0.717, 1.165) is 50.5 Å². The van der Waals surface area contributed by atoms with Gasteiger partial charge >= 0.3 is 0 Å². The van der Waals surface area contributed by atoms with E-state index in [-0.39, 0.29) is 0 Å². The maximum atomic E-state index is 4.28. The SMILES string of the molecule is Cc1ccc2cccnc2c1.Cc1ccc2cccnc2c1.Cc1ccc2ncccc2c1.Cc1cccc2cccnc12.Cc1cccc2ncccc12.Cc1ccccc1.Cc1ccccc1.Cc1ccccc1.Cc1ccccc1.Cc1ccccc1.Cc1ccccc1.Cc1ccccc1.Cc1ccccc1.Cc1ccncn1.Cc1cncnc1.Cc1ncccn1.Cc1ncncn1. The highest BCUT2D eigenvalue weighted by molar-refractivity contribution is 5.83. The lowest BCUT2D eigenvalue weighted by Crippen LogP contribution is -1.84. The van der Waals surface area contributed by atoms with Crippen molar-refractivity contribution in [1.29, 1.82) is 0 Å². The van der Waals surface area contributed by atoms with Crippen LogP contribution in [0.4, 0.5) is 0 Å². The molecule has 14 heteroatoms. The molecule has 22 rings (SSSR count). The van der Waals surface area contributed by atoms with Gasteiger partial charge in [-0.2, -0.15) is 0 Å². The molecule has 0 saturated carbocycles. The second-order valence-corrected chi connectivity index (χ2v) is 31.9. The molecular formula is C125H132N14. The summed E-state index contributed by atoms with van der Waals surface area (Å²) in [5.41, 5.74) is 24.4. The fraction of sp³-hybridized carbons (Fsp3) is 0.136. The molecule has 0 N–H and O–H groups in total. The van der Waals surface area contributed by atoms with Crippen LogP contribution in [-0.4, -0.2) is 69.8 Å². The monoisotopic (exact) mass is 1830 g/mol. The van der Waals surface area contributed by atoms with Gasteiger partial charge in [-0.25, -0.2) is 44.9 Å². The summed E-state index contributed by atoms with van der Waals surface area (Å²) < 4.78 is 0. The van der Waals surface area contributed by atoms with Gasteiger partial charge in [-0.1, -0.05) is 384 Å². The van der Waals surface area contributed by atoms with E-state index in [9.17, 15) is 0 Å². The molecule has 0 aliphatic rings. The van der Waals surface area contributed by atoms with E-state index in [4.69, 9.17) is 0 Å². The van der Waals surface area contributed by atoms with Crippen LogP contribution >= 0.6 is 0 Å². The van der Waals surface area contributed by atoms with Crippen LogP contribution in [0.15, 0.2) is 494 Å². The van der Waals surface area contributed by atoms with Crippen LogP contribution in [0.2, 0.25) is 0 Å². The Bertz CT molecular complexity index is 5750. The van der Waals surface area contributed by atoms with Crippen molar-refractivity contribution >= 4 is 54.5 Å². The molecule has 0 saturated heterocycles. The molecule has 9 heterocycles. The van der Waals surface area contributed by atoms with E-state index in [0.29, 0.717) is 0 Å². The Morgan fingerprint density at radius 1 is 0.151 bits per heavy atom. The van der Waals surface area contributed by atoms with Crippen LogP contribution in [0.25, 0.3) is 54.5 Å². The number of fused-ring (bicyclic) bond motifs is 5. The minimum Gasteiger partial charge on any atom is -0.256 e. The number of aryl methyl sites for hydroxylation is 17. The minimum atomic E-state index is 0.759. The zero-order valence-corrected chi connectivity index (χ0v) is 83.5. The van der Waals surface area contributed by atoms with Crippen LogP contribution in [-0.2, 0) is 0 Å². The third-order valence-corrected chi connectivity index (χ3v) is 19.2. The maximum absolute atomic E-state index is 4.28. The van der Waals surface area contributed by atoms with Gasteiger partial charge in [0, 0.05) is 94.6 Å². The first-order valence-corrected chi connectivity index (χ1v) is 46.0. The molecule has 139 heavy (non-hydrogen) atoms. The van der Waals surface area contributed by atoms with Gasteiger partial charge in [0.15, 0.2) is 0 Å². The molecule has 0 unspecified atom stereocenters. The summed E-state index contributed by atoms with van der Waals surface area (Å²) in [5.74, 6) is 1.58. The van der Waals surface area contributed by atoms with E-state index in [2.05, 4.69) is 360 Å². The van der Waals surface area contributed by atoms with Crippen molar-refractivity contribution in [2.45, 2.75) is 118 Å². The van der Waals surface area contributed by atoms with Crippen molar-refractivity contribution in [3.8, 4) is 0 Å². The Balaban J connectivity index is 0.000000227. The normalized spacial score (nSPS) is 9.33. The van der Waals surface area contributed by atoms with E-state index >= 15 is 0 Å². The van der Waals surface area contributed by atoms with Crippen LogP contribution in [0.5, 0.6) is 0 Å². The van der Waals surface area contributed by atoms with E-state index < -0.39 is 0 Å². The van der Waals surface area contributed by atoms with Crippen molar-refractivity contribution in [3.63, 3.8) is 0 Å². The number of hydrogen-bond acceptors (Lipinski definition) is 14. The first-order valence-electron chi connectivity index (χ1n) is 46.0. The number of hydrogen-bond donors (Lipinski definition) is 0. The lowest BCUT2D eigenvalue weighted by atomic mass is 10.1. The molecule has 702 valence electrons. The molecule has 0 radical (unpaired) electrons. The summed E-state index contributed by atoms with van der Waals surface area (Å²) in [6, 6.07) is 137. The number of aromatic nitrogens is 14. The highest BCUT2D eigenvalue weighted by Crippen LogP contribution is 2.18. The zero-order valence-electron chi connectivity index (χ0n) is 83.5. The van der Waals surface area contributed by atoms with Gasteiger partial charge in [0.05, 0.1) is 27.6 Å². The molecule has 0 aliphatic heterocycles. The zero-order chi connectivity index (χ0) is 99.8. The number of benzene rings is 13. The Hall–Kier alpha value is -16.8. The Morgan fingerprint density at radius 3 is 0.784 bits per heavy atom. The lowest BCUT2D eigenvalue weighted by molar-refractivity contribution is 0.974. The van der Waals surface area contributed by atoms with Gasteiger partial charge in [-0.15, -0.1) is 0 Å². The van der Waals surface area contributed by atoms with Gasteiger partial charge < -0.3 is 0 Å². The van der Waals surface area contributed by atoms with Crippen molar-refractivity contribution in [2.24, 2.45) is 0 Å². The van der Waals surface area contributed by atoms with Crippen molar-refractivity contribution < 1.29 is 0 Å². The van der Waals surface area contributed by atoms with Gasteiger partial charge in [0.2, 0.25) is 0 Å². The summed E-state index contributed by atoms with van der Waals surface area (Å²) in [7, 11) is 0. The second kappa shape index (κ2) is 69.1. The molecule has 0 amide bonds. The molecule has 9 aromatic heterocycles. The van der Waals surface area contributed by atoms with Gasteiger partial charge in [-0.3, -0.25) is 24.9 Å². The van der Waals surface area contributed by atoms with Crippen molar-refractivity contribution in [1.82, 2.24) is 69.8 Å². The first-order chi connectivity index (χ1) is 67.6. The van der Waals surface area contributed by atoms with Crippen LogP contribution in [0, 0.1) is 118 Å². The molecule has 0 fully saturated rings. The number of nitrogens with zero attached hydrogens (tertiary/aromatic N) is 14. The standard InChI is InChI=1S/5C10H9N.8C7H8.3C5H6N2.C4H5N3/c1-8-4-2-6-10-9(8)5-3-7-11-10;1-8-4-2-5-9-6-3-7-11-10(8)9;1-8-4-5-10-9(7-8)3-2-6-11-10;2*1-8-4-5-9-3-2-6-11-10(9)7-8;8*1-7-5-3-2-4-6-7;1-5-2-6-4-7-3-5;1-5-2-3-6-4-7-5;1-5-6-3-2-4-7-5;1-4-6-2-5-3-7-4/h5*2-7H,1H3;8*2-6H,1H3;3*2-4H,1H3;2-3H,1H3. The lowest BCUT2D eigenvalue weighted by Gasteiger charge is -1.97. The number of pyridine rings is 5. The summed E-state index contributed by atoms with van der Waals surface area (Å²) in [4.78, 5) is 55.3. The van der Waals surface area contributed by atoms with E-state index in [1.54, 1.807) is 37.1 Å². The van der Waals surface area contributed by atoms with E-state index in [1.807, 2.05) is 259 Å². The average Bonchev–Trinajstić information content (AvgIpc) is 0.852. The highest BCUT2D eigenvalue weighted by atomic mass is 15.0. The van der Waals surface area contributed by atoms with Crippen molar-refractivity contribution in [2.75, 3.05) is 0 Å². The number of para-hydroxylation sites is 1. The summed E-state index contributed by atoms with van der Waals surface area (Å²) >= 11 is 0. The predicted molar refractivity (Wildman–Crippen MR) is 587 cm³/mol. The third kappa shape index (κ3) is 52.4. The Kier molecular flexibility index (Phi) is 55.1. The minimum absolute atomic E-state index is 0.759. The molecule has 22 aromatic rings. The van der Waals surface area contributed by atoms with Crippen LogP contribution in [0.1, 0.15) is 95.2 Å². The van der Waals surface area contributed by atoms with E-state index in [1.165, 1.54) is 125 Å². The first kappa shape index (κ1) is 111. The Morgan fingerprint density at radius 2 is 0.468 bits per heavy atom. The van der Waals surface area contributed by atoms with Gasteiger partial charge in [-0.05, 0) is 218 Å². The molecule has 0 aliphatic carbocycles. The maximum Gasteiger partial charge on any atom is 0.128 e. The molecular weight excluding hydrogens is 1700 g/mol. The molecule has 14 nitrogen and oxygen atoms in total. The van der Waals surface area contributed by atoms with Crippen LogP contribution < -0.4 is 0 Å². The molecule has 0 bridgehead atoms. The number of rotatable bonds is 0. The van der Waals surface area contributed by atoms with Crippen LogP contribution in [0.3, 0.4) is 0 Å². The fourth-order valence-corrected chi connectivity index (χ4v) is 11.7. The smallest absolute Gasteiger partial charge is 0.128 e. The molecule has 0 atom stereocenters.